The van der Waals surface area contributed by atoms with Crippen molar-refractivity contribution >= 4 is 32.1 Å². The van der Waals surface area contributed by atoms with Crippen molar-refractivity contribution in [3.63, 3.8) is 0 Å². The standard InChI is InChI=1S/C31H36F2N6OSi/c1-6-38(7-2)17-9-16-34-31-36-27(23-18-21(13-12-20(23)5)30(41)35-19(3)4)22-14-15-26(40)39(29(22)37-31)28-24(32)10-8-11-25(28)33/h8,10-15,18-19,35H,6-7,9,16-17H2,1-5H3,(H,34,36,37). The number of hydrogen-bond acceptors (Lipinski definition) is 6. The molecule has 0 saturated carbocycles. The summed E-state index contributed by atoms with van der Waals surface area (Å²) in [5.74, 6) is -1.44. The first-order valence-corrected chi connectivity index (χ1v) is 14.4. The number of benzene rings is 2. The monoisotopic (exact) mass is 574 g/mol. The summed E-state index contributed by atoms with van der Waals surface area (Å²) in [5.41, 5.74) is 2.26. The molecule has 0 amide bonds. The molecule has 0 bridgehead atoms. The molecule has 0 aliphatic rings. The van der Waals surface area contributed by atoms with E-state index in [0.717, 1.165) is 64.7 Å². The molecule has 41 heavy (non-hydrogen) atoms. The molecule has 0 unspecified atom stereocenters. The molecule has 2 aromatic carbocycles. The topological polar surface area (TPSA) is 75.1 Å². The molecule has 4 aromatic rings. The summed E-state index contributed by atoms with van der Waals surface area (Å²) in [5, 5.41) is 7.96. The predicted octanol–water partition coefficient (Wildman–Crippen LogP) is 4.82. The summed E-state index contributed by atoms with van der Waals surface area (Å²) in [6, 6.07) is 12.6. The Kier molecular flexibility index (Phi) is 9.77. The van der Waals surface area contributed by atoms with E-state index in [4.69, 9.17) is 4.98 Å². The van der Waals surface area contributed by atoms with Gasteiger partial charge in [0.15, 0.2) is 5.65 Å². The van der Waals surface area contributed by atoms with E-state index in [-0.39, 0.29) is 17.6 Å². The molecule has 2 N–H and O–H groups in total. The van der Waals surface area contributed by atoms with Crippen LogP contribution in [0.4, 0.5) is 14.7 Å². The number of anilines is 1. The molecule has 2 aromatic heterocycles. The molecular formula is C31H36F2N6OSi. The van der Waals surface area contributed by atoms with Crippen LogP contribution in [0.15, 0.2) is 53.3 Å². The summed E-state index contributed by atoms with van der Waals surface area (Å²) in [4.78, 5) is 25.0. The minimum absolute atomic E-state index is 0.116. The minimum atomic E-state index is -0.857. The highest BCUT2D eigenvalue weighted by atomic mass is 28.1. The van der Waals surface area contributed by atoms with Gasteiger partial charge in [-0.25, -0.2) is 13.8 Å². The van der Waals surface area contributed by atoms with Gasteiger partial charge in [-0.3, -0.25) is 9.36 Å². The Morgan fingerprint density at radius 1 is 1.05 bits per heavy atom. The van der Waals surface area contributed by atoms with Crippen LogP contribution in [0.25, 0.3) is 28.0 Å². The number of rotatable bonds is 12. The van der Waals surface area contributed by atoms with Crippen LogP contribution in [0.2, 0.25) is 0 Å². The molecule has 4 rings (SSSR count). The highest BCUT2D eigenvalue weighted by Crippen LogP contribution is 2.31. The van der Waals surface area contributed by atoms with Crippen molar-refractivity contribution in [2.45, 2.75) is 47.1 Å². The molecule has 10 heteroatoms. The lowest BCUT2D eigenvalue weighted by Gasteiger charge is -2.19. The molecule has 2 heterocycles. The Hall–Kier alpha value is -3.76. The Morgan fingerprint density at radius 2 is 1.76 bits per heavy atom. The third-order valence-electron chi connectivity index (χ3n) is 6.95. The lowest BCUT2D eigenvalue weighted by Crippen LogP contribution is -2.31. The maximum atomic E-state index is 15.0. The number of fused-ring (bicyclic) bond motifs is 1. The van der Waals surface area contributed by atoms with Gasteiger partial charge in [-0.1, -0.05) is 32.0 Å². The number of nitrogens with one attached hydrogen (secondary N) is 2. The molecule has 214 valence electrons. The fourth-order valence-corrected chi connectivity index (χ4v) is 5.21. The van der Waals surface area contributed by atoms with Crippen LogP contribution in [0.5, 0.6) is 0 Å². The first kappa shape index (κ1) is 30.2. The maximum Gasteiger partial charge on any atom is 0.256 e. The number of para-hydroxylation sites is 1. The summed E-state index contributed by atoms with van der Waals surface area (Å²) in [7, 11) is 3.70. The Morgan fingerprint density at radius 3 is 2.41 bits per heavy atom. The molecule has 0 aliphatic carbocycles. The molecule has 7 nitrogen and oxygen atoms in total. The third kappa shape index (κ3) is 6.77. The lowest BCUT2D eigenvalue weighted by molar-refractivity contribution is 0.303. The van der Waals surface area contributed by atoms with Gasteiger partial charge < -0.3 is 15.5 Å². The van der Waals surface area contributed by atoms with Gasteiger partial charge in [0, 0.05) is 34.9 Å². The van der Waals surface area contributed by atoms with E-state index in [9.17, 15) is 13.6 Å². The Balaban J connectivity index is 1.92. The largest absolute Gasteiger partial charge is 0.387 e. The fraction of sp³-hybridized carbons (Fsp3) is 0.355. The van der Waals surface area contributed by atoms with Crippen LogP contribution in [-0.2, 0) is 0 Å². The van der Waals surface area contributed by atoms with Gasteiger partial charge >= 0.3 is 0 Å². The van der Waals surface area contributed by atoms with Crippen LogP contribution in [0.3, 0.4) is 0 Å². The van der Waals surface area contributed by atoms with E-state index >= 15 is 0 Å². The van der Waals surface area contributed by atoms with E-state index in [1.54, 1.807) is 6.07 Å². The second-order valence-electron chi connectivity index (χ2n) is 10.2. The van der Waals surface area contributed by atoms with Gasteiger partial charge in [0.2, 0.25) is 5.95 Å². The molecule has 2 radical (unpaired) electrons. The number of aryl methyl sites for hydroxylation is 1. The fourth-order valence-electron chi connectivity index (χ4n) is 4.77. The Bertz CT molecular complexity index is 1600. The van der Waals surface area contributed by atoms with E-state index in [0.29, 0.717) is 17.6 Å². The second kappa shape index (κ2) is 13.3. The number of hydrogen-bond donors (Lipinski definition) is 2. The molecular weight excluding hydrogens is 538 g/mol. The van der Waals surface area contributed by atoms with Crippen molar-refractivity contribution in [3.8, 4) is 16.9 Å². The van der Waals surface area contributed by atoms with E-state index in [2.05, 4.69) is 44.2 Å². The first-order chi connectivity index (χ1) is 19.6. The van der Waals surface area contributed by atoms with Gasteiger partial charge in [0.25, 0.3) is 5.56 Å². The average Bonchev–Trinajstić information content (AvgIpc) is 2.93. The molecule has 0 fully saturated rings. The molecule has 0 atom stereocenters. The van der Waals surface area contributed by atoms with Crippen molar-refractivity contribution in [1.82, 2.24) is 24.8 Å². The van der Waals surface area contributed by atoms with Gasteiger partial charge in [0.05, 0.1) is 15.5 Å². The van der Waals surface area contributed by atoms with Crippen LogP contribution >= 0.6 is 0 Å². The zero-order chi connectivity index (χ0) is 29.7. The number of halogens is 2. The maximum absolute atomic E-state index is 15.0. The van der Waals surface area contributed by atoms with E-state index in [1.807, 2.05) is 39.0 Å². The van der Waals surface area contributed by atoms with Gasteiger partial charge in [-0.2, -0.15) is 4.98 Å². The van der Waals surface area contributed by atoms with E-state index in [1.165, 1.54) is 12.1 Å². The minimum Gasteiger partial charge on any atom is -0.387 e. The van der Waals surface area contributed by atoms with Crippen molar-refractivity contribution in [3.05, 3.63) is 81.6 Å². The summed E-state index contributed by atoms with van der Waals surface area (Å²) >= 11 is 0. The van der Waals surface area contributed by atoms with Gasteiger partial charge in [-0.05, 0) is 82.2 Å². The second-order valence-corrected chi connectivity index (χ2v) is 10.7. The van der Waals surface area contributed by atoms with Crippen molar-refractivity contribution in [2.24, 2.45) is 0 Å². The first-order valence-electron chi connectivity index (χ1n) is 13.9. The summed E-state index contributed by atoms with van der Waals surface area (Å²) in [6.45, 7) is 13.7. The van der Waals surface area contributed by atoms with Crippen molar-refractivity contribution in [1.29, 1.82) is 0 Å². The summed E-state index contributed by atoms with van der Waals surface area (Å²) < 4.78 is 31.0. The average molecular weight is 575 g/mol. The zero-order valence-corrected chi connectivity index (χ0v) is 25.2. The van der Waals surface area contributed by atoms with Crippen LogP contribution in [0, 0.1) is 18.6 Å². The zero-order valence-electron chi connectivity index (χ0n) is 24.2. The smallest absolute Gasteiger partial charge is 0.256 e. The van der Waals surface area contributed by atoms with Crippen LogP contribution in [-0.4, -0.2) is 66.8 Å². The quantitative estimate of drug-likeness (QED) is 0.187. The number of nitrogens with zero attached hydrogens (tertiary/aromatic N) is 4. The predicted molar refractivity (Wildman–Crippen MR) is 164 cm³/mol. The van der Waals surface area contributed by atoms with Crippen molar-refractivity contribution in [2.75, 3.05) is 31.5 Å². The summed E-state index contributed by atoms with van der Waals surface area (Å²) in [6.07, 6.45) is 0.846. The molecule has 0 spiro atoms. The van der Waals surface area contributed by atoms with Gasteiger partial charge in [0.1, 0.15) is 17.3 Å². The third-order valence-corrected chi connectivity index (χ3v) is 7.39. The molecule has 0 aliphatic heterocycles. The van der Waals surface area contributed by atoms with Gasteiger partial charge in [-0.15, -0.1) is 0 Å². The normalized spacial score (nSPS) is 11.4. The highest BCUT2D eigenvalue weighted by molar-refractivity contribution is 6.42. The van der Waals surface area contributed by atoms with Crippen LogP contribution < -0.4 is 16.2 Å². The Labute approximate surface area is 242 Å². The SMILES string of the molecule is CCN(CC)CCCNc1nc(-c2cc(C(=[Si])NC(C)C)ccc2C)c2ccc(=O)n(-c3c(F)cccc3F)c2n1. The van der Waals surface area contributed by atoms with Crippen molar-refractivity contribution < 1.29 is 8.78 Å². The van der Waals surface area contributed by atoms with Crippen LogP contribution in [0.1, 0.15) is 45.2 Å². The highest BCUT2D eigenvalue weighted by Gasteiger charge is 2.20. The number of aromatic nitrogens is 3. The molecule has 0 saturated heterocycles. The number of pyridine rings is 1. The van der Waals surface area contributed by atoms with E-state index < -0.39 is 22.9 Å². The lowest BCUT2D eigenvalue weighted by atomic mass is 9.99.